The second-order valence-electron chi connectivity index (χ2n) is 5.54. The Kier molecular flexibility index (Phi) is 8.13. The van der Waals surface area contributed by atoms with Crippen molar-refractivity contribution in [3.05, 3.63) is 52.5 Å². The summed E-state index contributed by atoms with van der Waals surface area (Å²) in [6.45, 7) is 4.39. The molecule has 1 amide bonds. The van der Waals surface area contributed by atoms with E-state index in [4.69, 9.17) is 14.2 Å². The lowest BCUT2D eigenvalue weighted by molar-refractivity contribution is -0.146. The number of rotatable bonds is 9. The number of anilines is 1. The number of halogens is 1. The quantitative estimate of drug-likeness (QED) is 0.603. The first-order valence-corrected chi connectivity index (χ1v) is 9.40. The number of hydrogen-bond acceptors (Lipinski definition) is 5. The fourth-order valence-corrected chi connectivity index (χ4v) is 2.56. The topological polar surface area (TPSA) is 73.9 Å². The average molecular weight is 436 g/mol. The van der Waals surface area contributed by atoms with Gasteiger partial charge < -0.3 is 19.5 Å². The van der Waals surface area contributed by atoms with Gasteiger partial charge in [-0.2, -0.15) is 0 Å². The molecule has 6 nitrogen and oxygen atoms in total. The number of hydrogen-bond donors (Lipinski definition) is 1. The summed E-state index contributed by atoms with van der Waals surface area (Å²) >= 11 is 3.33. The molecule has 2 aromatic rings. The molecular formula is C20H22BrNO5. The molecule has 7 heteroatoms. The number of esters is 1. The summed E-state index contributed by atoms with van der Waals surface area (Å²) in [5.41, 5.74) is 1.35. The van der Waals surface area contributed by atoms with E-state index in [0.29, 0.717) is 30.4 Å². The highest BCUT2D eigenvalue weighted by Crippen LogP contribution is 2.30. The van der Waals surface area contributed by atoms with Gasteiger partial charge in [-0.15, -0.1) is 0 Å². The number of carbonyl (C=O) groups is 2. The van der Waals surface area contributed by atoms with Crippen LogP contribution in [0.2, 0.25) is 0 Å². The SMILES string of the molecule is CCOc1ccc(NC(=O)COC(=O)Cc2ccc(Br)cc2)cc1OCC. The van der Waals surface area contributed by atoms with Crippen molar-refractivity contribution >= 4 is 33.5 Å². The summed E-state index contributed by atoms with van der Waals surface area (Å²) < 4.78 is 17.0. The molecule has 0 spiro atoms. The molecule has 0 aliphatic carbocycles. The van der Waals surface area contributed by atoms with Gasteiger partial charge in [0.15, 0.2) is 18.1 Å². The van der Waals surface area contributed by atoms with Crippen molar-refractivity contribution in [3.63, 3.8) is 0 Å². The van der Waals surface area contributed by atoms with Crippen LogP contribution < -0.4 is 14.8 Å². The molecule has 0 aliphatic heterocycles. The van der Waals surface area contributed by atoms with Crippen molar-refractivity contribution in [1.29, 1.82) is 0 Å². The van der Waals surface area contributed by atoms with Gasteiger partial charge in [-0.3, -0.25) is 9.59 Å². The highest BCUT2D eigenvalue weighted by Gasteiger charge is 2.11. The predicted molar refractivity (Wildman–Crippen MR) is 106 cm³/mol. The lowest BCUT2D eigenvalue weighted by atomic mass is 10.2. The fraction of sp³-hybridized carbons (Fsp3) is 0.300. The minimum Gasteiger partial charge on any atom is -0.490 e. The Hall–Kier alpha value is -2.54. The standard InChI is InChI=1S/C20H22BrNO5/c1-3-25-17-10-9-16(12-18(17)26-4-2)22-19(23)13-27-20(24)11-14-5-7-15(21)8-6-14/h5-10,12H,3-4,11,13H2,1-2H3,(H,22,23). The maximum absolute atomic E-state index is 12.0. The van der Waals surface area contributed by atoms with E-state index < -0.39 is 11.9 Å². The van der Waals surface area contributed by atoms with Crippen molar-refractivity contribution in [2.75, 3.05) is 25.1 Å². The molecule has 144 valence electrons. The van der Waals surface area contributed by atoms with Crippen LogP contribution in [-0.2, 0) is 20.7 Å². The Morgan fingerprint density at radius 3 is 2.30 bits per heavy atom. The molecule has 0 saturated heterocycles. The summed E-state index contributed by atoms with van der Waals surface area (Å²) in [4.78, 5) is 23.9. The van der Waals surface area contributed by atoms with Gasteiger partial charge in [0.05, 0.1) is 19.6 Å². The lowest BCUT2D eigenvalue weighted by Gasteiger charge is -2.13. The lowest BCUT2D eigenvalue weighted by Crippen LogP contribution is -2.21. The number of amides is 1. The van der Waals surface area contributed by atoms with Gasteiger partial charge >= 0.3 is 5.97 Å². The Morgan fingerprint density at radius 2 is 1.63 bits per heavy atom. The molecule has 1 N–H and O–H groups in total. The van der Waals surface area contributed by atoms with Crippen LogP contribution in [0.3, 0.4) is 0 Å². The van der Waals surface area contributed by atoms with Crippen LogP contribution in [0, 0.1) is 0 Å². The molecule has 0 fully saturated rings. The van der Waals surface area contributed by atoms with Gasteiger partial charge in [-0.1, -0.05) is 28.1 Å². The van der Waals surface area contributed by atoms with E-state index in [1.807, 2.05) is 38.1 Å². The van der Waals surface area contributed by atoms with Crippen LogP contribution in [0.1, 0.15) is 19.4 Å². The molecular weight excluding hydrogens is 414 g/mol. The van der Waals surface area contributed by atoms with Crippen LogP contribution in [0.5, 0.6) is 11.5 Å². The number of nitrogens with one attached hydrogen (secondary N) is 1. The third-order valence-electron chi connectivity index (χ3n) is 3.45. The molecule has 0 atom stereocenters. The Balaban J connectivity index is 1.86. The molecule has 2 aromatic carbocycles. The number of ether oxygens (including phenoxy) is 3. The molecule has 0 aliphatic rings. The van der Waals surface area contributed by atoms with E-state index in [9.17, 15) is 9.59 Å². The zero-order chi connectivity index (χ0) is 19.6. The molecule has 0 saturated carbocycles. The van der Waals surface area contributed by atoms with Crippen LogP contribution in [0.15, 0.2) is 46.9 Å². The molecule has 0 heterocycles. The first kappa shape index (κ1) is 20.8. The van der Waals surface area contributed by atoms with Crippen molar-refractivity contribution < 1.29 is 23.8 Å². The zero-order valence-corrected chi connectivity index (χ0v) is 16.9. The number of benzene rings is 2. The third-order valence-corrected chi connectivity index (χ3v) is 3.98. The highest BCUT2D eigenvalue weighted by molar-refractivity contribution is 9.10. The normalized spacial score (nSPS) is 10.2. The summed E-state index contributed by atoms with van der Waals surface area (Å²) in [5, 5.41) is 2.68. The Morgan fingerprint density at radius 1 is 0.963 bits per heavy atom. The van der Waals surface area contributed by atoms with Gasteiger partial charge in [-0.25, -0.2) is 0 Å². The van der Waals surface area contributed by atoms with Gasteiger partial charge in [0, 0.05) is 16.2 Å². The average Bonchev–Trinajstić information content (AvgIpc) is 2.64. The smallest absolute Gasteiger partial charge is 0.310 e. The summed E-state index contributed by atoms with van der Waals surface area (Å²) in [6, 6.07) is 12.4. The second-order valence-corrected chi connectivity index (χ2v) is 6.46. The van der Waals surface area contributed by atoms with Crippen LogP contribution in [0.25, 0.3) is 0 Å². The van der Waals surface area contributed by atoms with Crippen LogP contribution in [0.4, 0.5) is 5.69 Å². The zero-order valence-electron chi connectivity index (χ0n) is 15.3. The summed E-state index contributed by atoms with van der Waals surface area (Å²) in [7, 11) is 0. The first-order chi connectivity index (χ1) is 13.0. The monoisotopic (exact) mass is 435 g/mol. The number of carbonyl (C=O) groups excluding carboxylic acids is 2. The molecule has 2 rings (SSSR count). The van der Waals surface area contributed by atoms with E-state index in [1.165, 1.54) is 0 Å². The van der Waals surface area contributed by atoms with Gasteiger partial charge in [-0.05, 0) is 43.7 Å². The summed E-state index contributed by atoms with van der Waals surface area (Å²) in [5.74, 6) is 0.266. The predicted octanol–water partition coefficient (Wildman–Crippen LogP) is 3.97. The molecule has 0 unspecified atom stereocenters. The van der Waals surface area contributed by atoms with E-state index >= 15 is 0 Å². The third kappa shape index (κ3) is 6.94. The molecule has 27 heavy (non-hydrogen) atoms. The van der Waals surface area contributed by atoms with Crippen molar-refractivity contribution in [1.82, 2.24) is 0 Å². The fourth-order valence-electron chi connectivity index (χ4n) is 2.29. The second kappa shape index (κ2) is 10.6. The van der Waals surface area contributed by atoms with Crippen molar-refractivity contribution in [3.8, 4) is 11.5 Å². The van der Waals surface area contributed by atoms with E-state index in [2.05, 4.69) is 21.2 Å². The first-order valence-electron chi connectivity index (χ1n) is 8.61. The van der Waals surface area contributed by atoms with Crippen molar-refractivity contribution in [2.24, 2.45) is 0 Å². The van der Waals surface area contributed by atoms with Gasteiger partial charge in [0.25, 0.3) is 5.91 Å². The van der Waals surface area contributed by atoms with E-state index in [1.54, 1.807) is 18.2 Å². The Labute approximate surface area is 166 Å². The van der Waals surface area contributed by atoms with Crippen LogP contribution in [-0.4, -0.2) is 31.7 Å². The Bertz CT molecular complexity index is 776. The van der Waals surface area contributed by atoms with E-state index in [0.717, 1.165) is 10.0 Å². The largest absolute Gasteiger partial charge is 0.490 e. The molecule has 0 aromatic heterocycles. The maximum atomic E-state index is 12.0. The maximum Gasteiger partial charge on any atom is 0.310 e. The minimum atomic E-state index is -0.464. The van der Waals surface area contributed by atoms with Gasteiger partial charge in [0.1, 0.15) is 0 Å². The van der Waals surface area contributed by atoms with Crippen LogP contribution >= 0.6 is 15.9 Å². The van der Waals surface area contributed by atoms with Gasteiger partial charge in [0.2, 0.25) is 0 Å². The van der Waals surface area contributed by atoms with E-state index in [-0.39, 0.29) is 13.0 Å². The molecule has 0 bridgehead atoms. The minimum absolute atomic E-state index is 0.109. The molecule has 0 radical (unpaired) electrons. The van der Waals surface area contributed by atoms with Crippen molar-refractivity contribution in [2.45, 2.75) is 20.3 Å². The highest BCUT2D eigenvalue weighted by atomic mass is 79.9. The summed E-state index contributed by atoms with van der Waals surface area (Å²) in [6.07, 6.45) is 0.109.